The molecule has 0 saturated carbocycles. The van der Waals surface area contributed by atoms with Crippen molar-refractivity contribution in [3.8, 4) is 11.5 Å². The normalized spacial score (nSPS) is 11.7. The number of unbranched alkanes of at least 4 members (excludes halogenated alkanes) is 1. The number of hydrogen-bond acceptors (Lipinski definition) is 17. The van der Waals surface area contributed by atoms with Gasteiger partial charge in [-0.15, -0.1) is 0 Å². The van der Waals surface area contributed by atoms with Crippen molar-refractivity contribution < 1.29 is 42.1 Å². The molecule has 0 aliphatic heterocycles. The first kappa shape index (κ1) is 118. The van der Waals surface area contributed by atoms with Crippen LogP contribution in [0, 0.1) is 77.5 Å². The van der Waals surface area contributed by atoms with Crippen LogP contribution >= 0.6 is 22.6 Å². The zero-order chi connectivity index (χ0) is 101. The predicted octanol–water partition coefficient (Wildman–Crippen LogP) is 20.0. The van der Waals surface area contributed by atoms with Gasteiger partial charge in [0.2, 0.25) is 0 Å². The van der Waals surface area contributed by atoms with Crippen molar-refractivity contribution in [2.24, 2.45) is 81.6 Å². The van der Waals surface area contributed by atoms with E-state index in [1.54, 1.807) is 66.7 Å². The molecule has 11 rings (SSSR count). The van der Waals surface area contributed by atoms with Crippen LogP contribution in [-0.4, -0.2) is 92.1 Å². The van der Waals surface area contributed by atoms with Crippen molar-refractivity contribution >= 4 is 77.0 Å². The number of ether oxygens (including phenoxy) is 4. The Labute approximate surface area is 814 Å². The molecule has 23 nitrogen and oxygen atoms in total. The highest BCUT2D eigenvalue weighted by Crippen LogP contribution is 2.27. The van der Waals surface area contributed by atoms with E-state index in [2.05, 4.69) is 223 Å². The summed E-state index contributed by atoms with van der Waals surface area (Å²) >= 11 is 2.33. The average Bonchev–Trinajstić information content (AvgIpc) is 0.852. The van der Waals surface area contributed by atoms with Gasteiger partial charge < -0.3 is 58.2 Å². The number of nitrogens with zero attached hydrogens (tertiary/aromatic N) is 7. The third kappa shape index (κ3) is 59.2. The van der Waals surface area contributed by atoms with Crippen molar-refractivity contribution in [2.45, 2.75) is 214 Å². The molecule has 26 heteroatoms. The van der Waals surface area contributed by atoms with Gasteiger partial charge in [0.15, 0.2) is 18.7 Å². The van der Waals surface area contributed by atoms with Crippen LogP contribution in [0.15, 0.2) is 279 Å². The number of aryl methyl sites for hydroxylation is 10. The minimum atomic E-state index is -0.541. The van der Waals surface area contributed by atoms with Crippen LogP contribution in [0.4, 0.5) is 8.78 Å². The molecule has 0 saturated heterocycles. The van der Waals surface area contributed by atoms with E-state index in [4.69, 9.17) is 56.3 Å². The Morgan fingerprint density at radius 2 is 0.674 bits per heavy atom. The summed E-state index contributed by atoms with van der Waals surface area (Å²) in [4.78, 5) is 56.7. The van der Waals surface area contributed by atoms with Crippen LogP contribution in [0.1, 0.15) is 173 Å². The van der Waals surface area contributed by atoms with Gasteiger partial charge in [-0.05, 0) is 262 Å². The Balaban J connectivity index is 0.000000509. The maximum atomic E-state index is 13.0. The first-order valence-electron chi connectivity index (χ1n) is 44.4. The van der Waals surface area contributed by atoms with E-state index in [-0.39, 0.29) is 11.6 Å². The molecule has 0 unspecified atom stereocenters. The number of nitrogens with two attached hydrogens (primary N) is 9. The molecule has 0 spiro atoms. The fourth-order valence-electron chi connectivity index (χ4n) is 11.4. The van der Waals surface area contributed by atoms with Gasteiger partial charge in [0.25, 0.3) is 19.4 Å². The van der Waals surface area contributed by atoms with Crippen LogP contribution in [-0.2, 0) is 100 Å². The Hall–Kier alpha value is -13.1. The zero-order valence-corrected chi connectivity index (χ0v) is 84.3. The fraction of sp³-hybridized carbons (Fsp3) is 0.312. The van der Waals surface area contributed by atoms with Crippen molar-refractivity contribution in [1.82, 2.24) is 4.90 Å². The van der Waals surface area contributed by atoms with Crippen LogP contribution in [0.3, 0.4) is 0 Å². The molecule has 0 amide bonds. The number of amidine groups is 6. The number of halogens is 3. The van der Waals surface area contributed by atoms with Crippen molar-refractivity contribution in [1.29, 1.82) is 0 Å². The van der Waals surface area contributed by atoms with Crippen LogP contribution in [0.5, 0.6) is 11.5 Å². The fourth-order valence-corrected chi connectivity index (χ4v) is 12.0. The first-order chi connectivity index (χ1) is 64.2. The van der Waals surface area contributed by atoms with E-state index in [9.17, 15) is 23.2 Å². The topological polar surface area (TPSA) is 400 Å². The second-order valence-corrected chi connectivity index (χ2v) is 33.7. The molecule has 0 heterocycles. The van der Waals surface area contributed by atoms with E-state index in [1.165, 1.54) is 101 Å². The number of carbonyl (C=O) groups is 3. The summed E-state index contributed by atoms with van der Waals surface area (Å²) in [6.45, 7) is 36.4. The number of aliphatic imine (C=N–C) groups is 6. The summed E-state index contributed by atoms with van der Waals surface area (Å²) < 4.78 is 46.8. The Morgan fingerprint density at radius 3 is 1.04 bits per heavy atom. The first-order valence-corrected chi connectivity index (χ1v) is 45.5. The summed E-state index contributed by atoms with van der Waals surface area (Å²) in [7, 11) is 4.12. The molecule has 18 N–H and O–H groups in total. The maximum absolute atomic E-state index is 13.0. The highest BCUT2D eigenvalue weighted by atomic mass is 127. The molecule has 0 aliphatic rings. The lowest BCUT2D eigenvalue weighted by molar-refractivity contribution is -0.134. The summed E-state index contributed by atoms with van der Waals surface area (Å²) in [5.74, 6) is 5.04. The molecular formula is C109H145F2IN16O7. The Morgan fingerprint density at radius 1 is 0.348 bits per heavy atom. The molecule has 0 bridgehead atoms. The lowest BCUT2D eigenvalue weighted by Crippen LogP contribution is -2.25. The molecule has 11 aromatic carbocycles. The summed E-state index contributed by atoms with van der Waals surface area (Å²) in [6.07, 6.45) is 3.69. The molecule has 3 atom stereocenters. The second kappa shape index (κ2) is 68.8. The third-order valence-electron chi connectivity index (χ3n) is 18.8. The van der Waals surface area contributed by atoms with Crippen LogP contribution in [0.25, 0.3) is 0 Å². The molecule has 0 aromatic heterocycles. The number of benzene rings is 11. The maximum Gasteiger partial charge on any atom is 0.294 e. The molecule has 0 fully saturated rings. The van der Waals surface area contributed by atoms with Gasteiger partial charge in [-0.25, -0.2) is 8.78 Å². The standard InChI is InChI=1S/C16H19NO.C13H20N2.2C10H13FN2.C10H13IN2.2C10H14N2.3C10H13NO2/c1-13-8-10-15(11-9-13)18-16-7-5-4-6-14(16)12-17(2)3;1-3-4-6-12-7-5-8-13(9-12)10-15-11(2)14;1-7-5-9(3-4-10(7)11)6-13-8(2)12;2*1-7-3-4-9(5-10(7)11)6-13-8(2)12;1-8-3-5-10(6-4-8)7-12-9(2)11;1-8-4-3-5-10(6-8)7-12-9(2)11;3*1-8-2-4-9(5-3-8)6-10(11)13-7-12/h4-11H,12H2,1-3H3;5,7-9H,3-4,6,10H2,1-2H3,(H2,14,15);3*3-5H,6H2,1-2H3,(H2,12,13);2*3-6H,7H2,1-2H3,(H2,11,12);3*2-5,7,10H,6,11H2,1H3/t;;;;;;;3*10-/m.......000/s1. The smallest absolute Gasteiger partial charge is 0.294 e. The molecule has 0 radical (unpaired) electrons. The lowest BCUT2D eigenvalue weighted by Gasteiger charge is -2.14. The van der Waals surface area contributed by atoms with E-state index in [0.717, 1.165) is 52.3 Å². The summed E-state index contributed by atoms with van der Waals surface area (Å²) in [6, 6.07) is 81.7. The van der Waals surface area contributed by atoms with Crippen LogP contribution in [0.2, 0.25) is 0 Å². The number of rotatable bonds is 31. The predicted molar refractivity (Wildman–Crippen MR) is 565 cm³/mol. The van der Waals surface area contributed by atoms with Crippen molar-refractivity contribution in [3.05, 3.63) is 375 Å². The highest BCUT2D eigenvalue weighted by Gasteiger charge is 2.10. The second-order valence-electron chi connectivity index (χ2n) is 32.5. The summed E-state index contributed by atoms with van der Waals surface area (Å²) in [5, 5.41) is 0. The highest BCUT2D eigenvalue weighted by molar-refractivity contribution is 14.1. The Kier molecular flexibility index (Phi) is 60.1. The largest absolute Gasteiger partial charge is 0.457 e. The molecule has 724 valence electrons. The Bertz CT molecular complexity index is 5100. The van der Waals surface area contributed by atoms with Gasteiger partial charge in [-0.3, -0.25) is 61.5 Å². The number of hydrogen-bond donors (Lipinski definition) is 9. The monoisotopic (exact) mass is 1960 g/mol. The molecule has 11 aromatic rings. The minimum absolute atomic E-state index is 0.183. The lowest BCUT2D eigenvalue weighted by atomic mass is 10.1. The van der Waals surface area contributed by atoms with Gasteiger partial charge in [0.1, 0.15) is 23.1 Å². The van der Waals surface area contributed by atoms with Gasteiger partial charge >= 0.3 is 0 Å². The summed E-state index contributed by atoms with van der Waals surface area (Å²) in [5.41, 5.74) is 71.5. The number of para-hydroxylation sites is 1. The van der Waals surface area contributed by atoms with E-state index >= 15 is 0 Å². The van der Waals surface area contributed by atoms with E-state index in [1.807, 2.05) is 143 Å². The molecule has 0 aliphatic carbocycles. The van der Waals surface area contributed by atoms with E-state index in [0.29, 0.717) is 124 Å². The SMILES string of the molecule is CC(N)=NCc1ccc(C)c(F)c1.CC(N)=NCc1ccc(C)c(I)c1.CC(N)=NCc1ccc(C)cc1.CC(N)=NCc1ccc(F)c(C)c1.CC(N)=NCc1cccc(C)c1.CCCCc1cccc(CN=C(C)N)c1.Cc1ccc(C[C@@H](N)OC=O)cc1.Cc1ccc(C[C@@H](N)OC=O)cc1.Cc1ccc(C[C@@H](N)OC=O)cc1.Cc1ccc(Oc2ccccc2CN(C)C)cc1. The van der Waals surface area contributed by atoms with Crippen molar-refractivity contribution in [2.75, 3.05) is 14.1 Å². The van der Waals surface area contributed by atoms with Gasteiger partial charge in [0, 0.05) is 34.9 Å². The average molecular weight is 1960 g/mol. The van der Waals surface area contributed by atoms with Gasteiger partial charge in [0.05, 0.1) is 74.3 Å². The van der Waals surface area contributed by atoms with Gasteiger partial charge in [-0.1, -0.05) is 259 Å². The van der Waals surface area contributed by atoms with Crippen LogP contribution < -0.4 is 56.3 Å². The molecule has 135 heavy (non-hydrogen) atoms. The number of carbonyl (C=O) groups excluding carboxylic acids is 3. The van der Waals surface area contributed by atoms with Gasteiger partial charge in [-0.2, -0.15) is 0 Å². The zero-order valence-electron chi connectivity index (χ0n) is 82.1. The minimum Gasteiger partial charge on any atom is -0.457 e. The van der Waals surface area contributed by atoms with Crippen molar-refractivity contribution in [3.63, 3.8) is 0 Å². The quantitative estimate of drug-likeness (QED) is 0.00487. The van der Waals surface area contributed by atoms with E-state index < -0.39 is 18.7 Å². The third-order valence-corrected chi connectivity index (χ3v) is 20.0. The molecular weight excluding hydrogens is 1810 g/mol.